The van der Waals surface area contributed by atoms with E-state index in [1.807, 2.05) is 0 Å². The number of nitrogens with two attached hydrogens (primary N) is 1. The van der Waals surface area contributed by atoms with Crippen LogP contribution in [0.15, 0.2) is 18.6 Å². The molecule has 0 aliphatic rings. The third kappa shape index (κ3) is 2.07. The van der Waals surface area contributed by atoms with E-state index in [2.05, 4.69) is 9.97 Å². The molecule has 2 aromatic rings. The van der Waals surface area contributed by atoms with Crippen molar-refractivity contribution in [2.45, 2.75) is 20.1 Å². The van der Waals surface area contributed by atoms with Crippen LogP contribution in [0.5, 0.6) is 5.75 Å². The van der Waals surface area contributed by atoms with Crippen LogP contribution >= 0.6 is 0 Å². The number of aliphatic hydroxyl groups excluding tert-OH is 1. The van der Waals surface area contributed by atoms with Gasteiger partial charge in [-0.2, -0.15) is 0 Å². The van der Waals surface area contributed by atoms with E-state index in [4.69, 9.17) is 5.73 Å². The molecule has 6 heteroatoms. The predicted molar refractivity (Wildman–Crippen MR) is 62.3 cm³/mol. The fourth-order valence-corrected chi connectivity index (χ4v) is 1.65. The number of nitrogens with zero attached hydrogens (tertiary/aromatic N) is 3. The zero-order chi connectivity index (χ0) is 12.4. The Kier molecular flexibility index (Phi) is 2.97. The number of aryl methyl sites for hydroxylation is 1. The first kappa shape index (κ1) is 11.4. The van der Waals surface area contributed by atoms with Crippen LogP contribution in [-0.4, -0.2) is 24.7 Å². The van der Waals surface area contributed by atoms with Crippen LogP contribution in [0.3, 0.4) is 0 Å². The van der Waals surface area contributed by atoms with Crippen LogP contribution in [0.4, 0.5) is 5.95 Å². The van der Waals surface area contributed by atoms with E-state index in [0.29, 0.717) is 23.8 Å². The van der Waals surface area contributed by atoms with Gasteiger partial charge in [0.15, 0.2) is 5.95 Å². The van der Waals surface area contributed by atoms with Gasteiger partial charge in [-0.25, -0.2) is 4.98 Å². The molecule has 17 heavy (non-hydrogen) atoms. The lowest BCUT2D eigenvalue weighted by molar-refractivity contribution is 0.273. The fraction of sp³-hybridized carbons (Fsp3) is 0.273. The fourth-order valence-electron chi connectivity index (χ4n) is 1.65. The average molecular weight is 234 g/mol. The molecule has 0 unspecified atom stereocenters. The normalized spacial score (nSPS) is 10.7. The highest BCUT2D eigenvalue weighted by molar-refractivity contribution is 5.40. The number of aliphatic hydroxyl groups is 1. The van der Waals surface area contributed by atoms with Gasteiger partial charge in [0.2, 0.25) is 0 Å². The second-order valence-corrected chi connectivity index (χ2v) is 3.77. The third-order valence-corrected chi connectivity index (χ3v) is 2.68. The van der Waals surface area contributed by atoms with Crippen LogP contribution in [0.25, 0.3) is 0 Å². The van der Waals surface area contributed by atoms with Gasteiger partial charge in [-0.3, -0.25) is 4.98 Å². The molecule has 0 aliphatic heterocycles. The lowest BCUT2D eigenvalue weighted by atomic mass is 10.1. The summed E-state index contributed by atoms with van der Waals surface area (Å²) >= 11 is 0. The van der Waals surface area contributed by atoms with E-state index in [1.54, 1.807) is 30.1 Å². The SMILES string of the molecule is Cc1ncc(Cn2ccnc2N)c(CO)c1O. The number of hydrogen-bond acceptors (Lipinski definition) is 5. The molecule has 2 heterocycles. The van der Waals surface area contributed by atoms with E-state index in [0.717, 1.165) is 5.56 Å². The molecule has 0 bridgehead atoms. The minimum atomic E-state index is -0.237. The summed E-state index contributed by atoms with van der Waals surface area (Å²) in [4.78, 5) is 7.97. The molecule has 2 aromatic heterocycles. The molecule has 6 nitrogen and oxygen atoms in total. The minimum absolute atomic E-state index is 0.0312. The van der Waals surface area contributed by atoms with Crippen molar-refractivity contribution in [1.82, 2.24) is 14.5 Å². The molecule has 4 N–H and O–H groups in total. The van der Waals surface area contributed by atoms with Crippen molar-refractivity contribution >= 4 is 5.95 Å². The number of nitrogen functional groups attached to an aromatic ring is 1. The van der Waals surface area contributed by atoms with Gasteiger partial charge in [0, 0.05) is 24.2 Å². The maximum Gasteiger partial charge on any atom is 0.200 e. The Morgan fingerprint density at radius 2 is 2.18 bits per heavy atom. The Morgan fingerprint density at radius 1 is 1.41 bits per heavy atom. The number of anilines is 1. The van der Waals surface area contributed by atoms with Gasteiger partial charge < -0.3 is 20.5 Å². The Hall–Kier alpha value is -2.08. The second kappa shape index (κ2) is 4.42. The highest BCUT2D eigenvalue weighted by Gasteiger charge is 2.11. The summed E-state index contributed by atoms with van der Waals surface area (Å²) in [5.74, 6) is 0.414. The number of imidazole rings is 1. The molecule has 0 atom stereocenters. The van der Waals surface area contributed by atoms with Crippen LogP contribution in [0, 0.1) is 6.92 Å². The van der Waals surface area contributed by atoms with Crippen molar-refractivity contribution in [2.75, 3.05) is 5.73 Å². The summed E-state index contributed by atoms with van der Waals surface area (Å²) in [6.45, 7) is 1.87. The maximum atomic E-state index is 9.80. The van der Waals surface area contributed by atoms with E-state index < -0.39 is 0 Å². The average Bonchev–Trinajstić information content (AvgIpc) is 2.70. The summed E-state index contributed by atoms with van der Waals surface area (Å²) in [7, 11) is 0. The van der Waals surface area contributed by atoms with Crippen molar-refractivity contribution < 1.29 is 10.2 Å². The maximum absolute atomic E-state index is 9.80. The van der Waals surface area contributed by atoms with Crippen LogP contribution in [-0.2, 0) is 13.2 Å². The quantitative estimate of drug-likeness (QED) is 0.714. The molecule has 0 aliphatic carbocycles. The van der Waals surface area contributed by atoms with Crippen LogP contribution in [0.2, 0.25) is 0 Å². The summed E-state index contributed by atoms with van der Waals surface area (Å²) in [6.07, 6.45) is 4.95. The van der Waals surface area contributed by atoms with Crippen molar-refractivity contribution in [1.29, 1.82) is 0 Å². The summed E-state index contributed by atoms with van der Waals surface area (Å²) in [5, 5.41) is 19.1. The van der Waals surface area contributed by atoms with Gasteiger partial charge in [0.05, 0.1) is 18.8 Å². The monoisotopic (exact) mass is 234 g/mol. The van der Waals surface area contributed by atoms with E-state index in [9.17, 15) is 10.2 Å². The second-order valence-electron chi connectivity index (χ2n) is 3.77. The van der Waals surface area contributed by atoms with Gasteiger partial charge >= 0.3 is 0 Å². The number of aromatic hydroxyl groups is 1. The standard InChI is InChI=1S/C11H14N4O2/c1-7-10(17)9(6-16)8(4-14-7)5-15-3-2-13-11(15)12/h2-4,16-17H,5-6H2,1H3,(H2,12,13). The van der Waals surface area contributed by atoms with Gasteiger partial charge in [0.1, 0.15) is 5.75 Å². The summed E-state index contributed by atoms with van der Waals surface area (Å²) < 4.78 is 1.71. The first-order valence-corrected chi connectivity index (χ1v) is 5.17. The topological polar surface area (TPSA) is 97.2 Å². The van der Waals surface area contributed by atoms with Crippen molar-refractivity contribution in [2.24, 2.45) is 0 Å². The van der Waals surface area contributed by atoms with Gasteiger partial charge in [-0.15, -0.1) is 0 Å². The molecular formula is C11H14N4O2. The van der Waals surface area contributed by atoms with E-state index >= 15 is 0 Å². The van der Waals surface area contributed by atoms with Crippen molar-refractivity contribution in [3.63, 3.8) is 0 Å². The molecule has 0 spiro atoms. The highest BCUT2D eigenvalue weighted by Crippen LogP contribution is 2.24. The molecular weight excluding hydrogens is 220 g/mol. The lowest BCUT2D eigenvalue weighted by Gasteiger charge is -2.11. The Labute approximate surface area is 98.4 Å². The minimum Gasteiger partial charge on any atom is -0.506 e. The summed E-state index contributed by atoms with van der Waals surface area (Å²) in [6, 6.07) is 0. The smallest absolute Gasteiger partial charge is 0.200 e. The molecule has 0 saturated carbocycles. The van der Waals surface area contributed by atoms with Gasteiger partial charge in [-0.1, -0.05) is 0 Å². The largest absolute Gasteiger partial charge is 0.506 e. The summed E-state index contributed by atoms with van der Waals surface area (Å²) in [5.41, 5.74) is 7.35. The number of rotatable bonds is 3. The van der Waals surface area contributed by atoms with Crippen LogP contribution in [0.1, 0.15) is 16.8 Å². The zero-order valence-electron chi connectivity index (χ0n) is 9.46. The molecule has 0 amide bonds. The third-order valence-electron chi connectivity index (χ3n) is 2.68. The van der Waals surface area contributed by atoms with Crippen molar-refractivity contribution in [3.05, 3.63) is 35.4 Å². The van der Waals surface area contributed by atoms with Gasteiger partial charge in [0.25, 0.3) is 0 Å². The number of aromatic nitrogens is 3. The number of hydrogen-bond donors (Lipinski definition) is 3. The molecule has 0 aromatic carbocycles. The van der Waals surface area contributed by atoms with Crippen LogP contribution < -0.4 is 5.73 Å². The molecule has 90 valence electrons. The zero-order valence-corrected chi connectivity index (χ0v) is 9.46. The first-order valence-electron chi connectivity index (χ1n) is 5.17. The molecule has 2 rings (SSSR count). The first-order chi connectivity index (χ1) is 8.13. The molecule has 0 fully saturated rings. The Morgan fingerprint density at radius 3 is 2.76 bits per heavy atom. The highest BCUT2D eigenvalue weighted by atomic mass is 16.3. The number of pyridine rings is 1. The van der Waals surface area contributed by atoms with E-state index in [-0.39, 0.29) is 12.4 Å². The van der Waals surface area contributed by atoms with Gasteiger partial charge in [-0.05, 0) is 12.5 Å². The lowest BCUT2D eigenvalue weighted by Crippen LogP contribution is -2.07. The van der Waals surface area contributed by atoms with Crippen molar-refractivity contribution in [3.8, 4) is 5.75 Å². The Bertz CT molecular complexity index is 536. The predicted octanol–water partition coefficient (Wildman–Crippen LogP) is 0.415. The van der Waals surface area contributed by atoms with E-state index in [1.165, 1.54) is 0 Å². The molecule has 0 saturated heterocycles. The molecule has 0 radical (unpaired) electrons. The Balaban J connectivity index is 2.40.